The van der Waals surface area contributed by atoms with Gasteiger partial charge in [0.2, 0.25) is 0 Å². The third-order valence-corrected chi connectivity index (χ3v) is 2.43. The Morgan fingerprint density at radius 2 is 2.00 bits per heavy atom. The van der Waals surface area contributed by atoms with Gasteiger partial charge in [0.05, 0.1) is 0 Å². The van der Waals surface area contributed by atoms with Gasteiger partial charge in [0.25, 0.3) is 0 Å². The summed E-state index contributed by atoms with van der Waals surface area (Å²) < 4.78 is 0. The second-order valence-electron chi connectivity index (χ2n) is 3.21. The minimum Gasteiger partial charge on any atom is -0.662 e. The second-order valence-corrected chi connectivity index (χ2v) is 3.21. The van der Waals surface area contributed by atoms with E-state index in [1.165, 1.54) is 32.2 Å². The van der Waals surface area contributed by atoms with Gasteiger partial charge in [-0.1, -0.05) is 12.8 Å². The van der Waals surface area contributed by atoms with Gasteiger partial charge in [-0.05, 0) is 18.3 Å². The lowest BCUT2D eigenvalue weighted by atomic mass is 9.97. The predicted molar refractivity (Wildman–Crippen MR) is 34.0 cm³/mol. The molecular formula is C7H12N-. The highest BCUT2D eigenvalue weighted by molar-refractivity contribution is 5.05. The molecule has 2 rings (SSSR count). The number of hydrogen-bond acceptors (Lipinski definition) is 0. The average molecular weight is 110 g/mol. The molecule has 0 aromatic heterocycles. The van der Waals surface area contributed by atoms with Gasteiger partial charge in [-0.3, -0.25) is 0 Å². The minimum atomic E-state index is 0.762. The van der Waals surface area contributed by atoms with E-state index in [-0.39, 0.29) is 0 Å². The summed E-state index contributed by atoms with van der Waals surface area (Å²) in [6.45, 7) is 2.33. The highest BCUT2D eigenvalue weighted by Crippen LogP contribution is 2.52. The molecule has 0 aromatic carbocycles. The molecule has 46 valence electrons. The Hall–Kier alpha value is -0.0400. The van der Waals surface area contributed by atoms with Gasteiger partial charge in [-0.2, -0.15) is 0 Å². The predicted octanol–water partition coefficient (Wildman–Crippen LogP) is 1.93. The molecule has 0 radical (unpaired) electrons. The van der Waals surface area contributed by atoms with Crippen LogP contribution in [0.25, 0.3) is 5.32 Å². The van der Waals surface area contributed by atoms with Crippen molar-refractivity contribution in [3.8, 4) is 0 Å². The molecule has 1 heteroatoms. The zero-order valence-corrected chi connectivity index (χ0v) is 5.19. The number of nitrogens with zero attached hydrogens (tertiary/aromatic N) is 1. The first-order valence-corrected chi connectivity index (χ1v) is 3.55. The fourth-order valence-electron chi connectivity index (χ4n) is 1.55. The third-order valence-electron chi connectivity index (χ3n) is 2.43. The van der Waals surface area contributed by atoms with Crippen molar-refractivity contribution in [2.45, 2.75) is 25.7 Å². The maximum atomic E-state index is 4.39. The normalized spacial score (nSPS) is 33.0. The van der Waals surface area contributed by atoms with Crippen LogP contribution in [0.4, 0.5) is 0 Å². The molecule has 1 saturated carbocycles. The van der Waals surface area contributed by atoms with Crippen LogP contribution in [0.1, 0.15) is 25.7 Å². The zero-order chi connectivity index (χ0) is 5.45. The molecule has 1 nitrogen and oxygen atoms in total. The number of piperidine rings is 1. The maximum Gasteiger partial charge on any atom is -0.0486 e. The summed E-state index contributed by atoms with van der Waals surface area (Å²) in [7, 11) is 0. The van der Waals surface area contributed by atoms with E-state index in [4.69, 9.17) is 0 Å². The summed E-state index contributed by atoms with van der Waals surface area (Å²) in [5.41, 5.74) is 0.762. The Labute approximate surface area is 50.5 Å². The van der Waals surface area contributed by atoms with Crippen LogP contribution >= 0.6 is 0 Å². The van der Waals surface area contributed by atoms with Crippen LogP contribution in [0.2, 0.25) is 0 Å². The van der Waals surface area contributed by atoms with Gasteiger partial charge in [-0.15, -0.1) is 13.1 Å². The van der Waals surface area contributed by atoms with E-state index < -0.39 is 0 Å². The molecule has 2 fully saturated rings. The van der Waals surface area contributed by atoms with Crippen molar-refractivity contribution in [3.63, 3.8) is 0 Å². The van der Waals surface area contributed by atoms with Crippen LogP contribution in [-0.4, -0.2) is 13.1 Å². The molecule has 1 aliphatic heterocycles. The Morgan fingerprint density at radius 1 is 1.12 bits per heavy atom. The van der Waals surface area contributed by atoms with E-state index in [9.17, 15) is 0 Å². The molecular weight excluding hydrogens is 98.1 g/mol. The van der Waals surface area contributed by atoms with Gasteiger partial charge >= 0.3 is 0 Å². The van der Waals surface area contributed by atoms with Gasteiger partial charge in [0.15, 0.2) is 0 Å². The quantitative estimate of drug-likeness (QED) is 0.452. The summed E-state index contributed by atoms with van der Waals surface area (Å²) in [6, 6.07) is 0. The van der Waals surface area contributed by atoms with Crippen LogP contribution in [0, 0.1) is 5.41 Å². The van der Waals surface area contributed by atoms with Crippen molar-refractivity contribution in [3.05, 3.63) is 5.32 Å². The van der Waals surface area contributed by atoms with Crippen LogP contribution in [0.15, 0.2) is 0 Å². The van der Waals surface area contributed by atoms with Gasteiger partial charge < -0.3 is 5.32 Å². The molecule has 0 amide bonds. The summed E-state index contributed by atoms with van der Waals surface area (Å²) in [6.07, 6.45) is 5.77. The van der Waals surface area contributed by atoms with Crippen LogP contribution < -0.4 is 0 Å². The number of hydrogen-bond donors (Lipinski definition) is 0. The molecule has 0 unspecified atom stereocenters. The lowest BCUT2D eigenvalue weighted by Gasteiger charge is -2.32. The Morgan fingerprint density at radius 3 is 2.38 bits per heavy atom. The summed E-state index contributed by atoms with van der Waals surface area (Å²) in [5, 5.41) is 4.39. The monoisotopic (exact) mass is 110 g/mol. The summed E-state index contributed by atoms with van der Waals surface area (Å²) in [5.74, 6) is 0. The number of rotatable bonds is 0. The molecule has 1 aliphatic carbocycles. The first-order valence-electron chi connectivity index (χ1n) is 3.55. The zero-order valence-electron chi connectivity index (χ0n) is 5.19. The van der Waals surface area contributed by atoms with Gasteiger partial charge in [0.1, 0.15) is 0 Å². The standard InChI is InChI=1S/C7H12N/c1-2-7(3-4-7)6-8-5-1/h1-6H2/q-1. The Balaban J connectivity index is 1.95. The Bertz CT molecular complexity index is 86.6. The average Bonchev–Trinajstić information content (AvgIpc) is 2.52. The molecule has 0 N–H and O–H groups in total. The molecule has 0 bridgehead atoms. The summed E-state index contributed by atoms with van der Waals surface area (Å²) in [4.78, 5) is 0. The molecule has 2 aliphatic rings. The topological polar surface area (TPSA) is 14.1 Å². The molecule has 1 saturated heterocycles. The first kappa shape index (κ1) is 4.80. The third kappa shape index (κ3) is 0.655. The minimum absolute atomic E-state index is 0.762. The van der Waals surface area contributed by atoms with E-state index in [1.54, 1.807) is 0 Å². The fourth-order valence-corrected chi connectivity index (χ4v) is 1.55. The molecule has 0 aromatic rings. The van der Waals surface area contributed by atoms with Crippen molar-refractivity contribution >= 4 is 0 Å². The van der Waals surface area contributed by atoms with E-state index in [0.717, 1.165) is 12.0 Å². The SMILES string of the molecule is C1C[N-]CC2(C1)CC2. The van der Waals surface area contributed by atoms with E-state index in [1.807, 2.05) is 0 Å². The fraction of sp³-hybridized carbons (Fsp3) is 1.00. The lowest BCUT2D eigenvalue weighted by Crippen LogP contribution is -2.13. The second kappa shape index (κ2) is 1.47. The molecule has 1 spiro atoms. The van der Waals surface area contributed by atoms with Gasteiger partial charge in [0, 0.05) is 0 Å². The van der Waals surface area contributed by atoms with Crippen LogP contribution in [-0.2, 0) is 0 Å². The van der Waals surface area contributed by atoms with Crippen molar-refractivity contribution < 1.29 is 0 Å². The maximum absolute atomic E-state index is 4.39. The van der Waals surface area contributed by atoms with Crippen molar-refractivity contribution in [1.82, 2.24) is 0 Å². The van der Waals surface area contributed by atoms with Crippen LogP contribution in [0.3, 0.4) is 0 Å². The molecule has 0 atom stereocenters. The largest absolute Gasteiger partial charge is 0.662 e. The van der Waals surface area contributed by atoms with E-state index >= 15 is 0 Å². The van der Waals surface area contributed by atoms with Crippen LogP contribution in [0.5, 0.6) is 0 Å². The first-order chi connectivity index (χ1) is 3.91. The smallest absolute Gasteiger partial charge is 0.0486 e. The highest BCUT2D eigenvalue weighted by atomic mass is 14.9. The van der Waals surface area contributed by atoms with E-state index in [0.29, 0.717) is 0 Å². The van der Waals surface area contributed by atoms with Crippen molar-refractivity contribution in [2.75, 3.05) is 13.1 Å². The molecule has 1 heterocycles. The summed E-state index contributed by atoms with van der Waals surface area (Å²) >= 11 is 0. The van der Waals surface area contributed by atoms with E-state index in [2.05, 4.69) is 5.32 Å². The highest BCUT2D eigenvalue weighted by Gasteiger charge is 2.38. The van der Waals surface area contributed by atoms with Crippen molar-refractivity contribution in [1.29, 1.82) is 0 Å². The van der Waals surface area contributed by atoms with Crippen molar-refractivity contribution in [2.24, 2.45) is 5.41 Å². The molecule has 8 heavy (non-hydrogen) atoms. The lowest BCUT2D eigenvalue weighted by molar-refractivity contribution is 0.448. The van der Waals surface area contributed by atoms with Gasteiger partial charge in [-0.25, -0.2) is 0 Å². The Kier molecular flexibility index (Phi) is 0.884.